The van der Waals surface area contributed by atoms with Crippen LogP contribution in [0.2, 0.25) is 0 Å². The molecule has 6 heteroatoms. The van der Waals surface area contributed by atoms with Crippen molar-refractivity contribution in [2.75, 3.05) is 26.6 Å². The first-order chi connectivity index (χ1) is 9.01. The smallest absolute Gasteiger partial charge is 0.264 e. The first-order valence-corrected chi connectivity index (χ1v) is 7.88. The van der Waals surface area contributed by atoms with Gasteiger partial charge >= 0.3 is 0 Å². The number of unbranched alkanes of at least 4 members (excludes halogenated alkanes) is 1. The van der Waals surface area contributed by atoms with Gasteiger partial charge in [-0.1, -0.05) is 12.1 Å². The third-order valence-corrected chi connectivity index (χ3v) is 3.00. The lowest BCUT2D eigenvalue weighted by Crippen LogP contribution is -2.05. The molecule has 0 heterocycles. The van der Waals surface area contributed by atoms with Crippen molar-refractivity contribution in [1.29, 1.82) is 0 Å². The van der Waals surface area contributed by atoms with Crippen LogP contribution in [-0.2, 0) is 25.6 Å². The van der Waals surface area contributed by atoms with Crippen LogP contribution in [0, 0.1) is 0 Å². The summed E-state index contributed by atoms with van der Waals surface area (Å²) < 4.78 is 36.6. The van der Waals surface area contributed by atoms with Gasteiger partial charge in [-0.25, -0.2) is 0 Å². The predicted octanol–water partition coefficient (Wildman–Crippen LogP) is 1.97. The van der Waals surface area contributed by atoms with Gasteiger partial charge in [0.05, 0.1) is 26.6 Å². The summed E-state index contributed by atoms with van der Waals surface area (Å²) in [5, 5.41) is 0. The van der Waals surface area contributed by atoms with Gasteiger partial charge in [0, 0.05) is 6.61 Å². The minimum absolute atomic E-state index is 0.213. The van der Waals surface area contributed by atoms with Crippen molar-refractivity contribution in [1.82, 2.24) is 0 Å². The van der Waals surface area contributed by atoms with Crippen molar-refractivity contribution >= 4 is 10.1 Å². The second-order valence-corrected chi connectivity index (χ2v) is 5.78. The largest absolute Gasteiger partial charge is 0.497 e. The molecule has 0 unspecified atom stereocenters. The molecule has 0 saturated heterocycles. The average molecular weight is 288 g/mol. The van der Waals surface area contributed by atoms with Crippen LogP contribution in [0.1, 0.15) is 18.4 Å². The van der Waals surface area contributed by atoms with E-state index in [0.29, 0.717) is 19.6 Å². The maximum Gasteiger partial charge on any atom is 0.264 e. The van der Waals surface area contributed by atoms with E-state index in [9.17, 15) is 8.42 Å². The summed E-state index contributed by atoms with van der Waals surface area (Å²) in [5.41, 5.74) is 1.08. The highest BCUT2D eigenvalue weighted by Crippen LogP contribution is 2.12. The van der Waals surface area contributed by atoms with Crippen LogP contribution < -0.4 is 4.74 Å². The standard InChI is InChI=1S/C13H20O5S/c1-16-13-7-5-12(6-8-13)11-17-9-3-4-10-18-19(2,14)15/h5-8H,3-4,9-11H2,1-2H3. The first kappa shape index (κ1) is 15.9. The Balaban J connectivity index is 2.07. The molecule has 0 aliphatic rings. The Bertz CT molecular complexity index is 452. The SMILES string of the molecule is COc1ccc(COCCCCOS(C)(=O)=O)cc1. The van der Waals surface area contributed by atoms with Gasteiger partial charge in [-0.2, -0.15) is 8.42 Å². The van der Waals surface area contributed by atoms with Crippen molar-refractivity contribution in [3.63, 3.8) is 0 Å². The van der Waals surface area contributed by atoms with Gasteiger partial charge in [-0.3, -0.25) is 4.18 Å². The quantitative estimate of drug-likeness (QED) is 0.513. The van der Waals surface area contributed by atoms with E-state index < -0.39 is 10.1 Å². The summed E-state index contributed by atoms with van der Waals surface area (Å²) in [4.78, 5) is 0. The van der Waals surface area contributed by atoms with Crippen molar-refractivity contribution in [3.05, 3.63) is 29.8 Å². The molecule has 0 fully saturated rings. The second kappa shape index (κ2) is 8.14. The van der Waals surface area contributed by atoms with E-state index in [1.165, 1.54) is 0 Å². The molecule has 0 aliphatic carbocycles. The third kappa shape index (κ3) is 7.81. The molecular weight excluding hydrogens is 268 g/mol. The highest BCUT2D eigenvalue weighted by Gasteiger charge is 2.00. The number of benzene rings is 1. The molecule has 0 spiro atoms. The summed E-state index contributed by atoms with van der Waals surface area (Å²) >= 11 is 0. The van der Waals surface area contributed by atoms with Gasteiger partial charge in [-0.15, -0.1) is 0 Å². The minimum Gasteiger partial charge on any atom is -0.497 e. The van der Waals surface area contributed by atoms with Crippen LogP contribution in [0.15, 0.2) is 24.3 Å². The second-order valence-electron chi connectivity index (χ2n) is 4.13. The normalized spacial score (nSPS) is 11.5. The molecule has 1 aromatic rings. The molecule has 1 rings (SSSR count). The third-order valence-electron chi connectivity index (χ3n) is 2.41. The zero-order valence-corrected chi connectivity index (χ0v) is 12.1. The lowest BCUT2D eigenvalue weighted by atomic mass is 10.2. The van der Waals surface area contributed by atoms with E-state index in [1.54, 1.807) is 7.11 Å². The van der Waals surface area contributed by atoms with Gasteiger partial charge in [0.15, 0.2) is 0 Å². The minimum atomic E-state index is -3.32. The Labute approximate surface area is 114 Å². The Morgan fingerprint density at radius 1 is 1.05 bits per heavy atom. The zero-order chi connectivity index (χ0) is 14.1. The van der Waals surface area contributed by atoms with Crippen molar-refractivity contribution in [3.8, 4) is 5.75 Å². The summed E-state index contributed by atoms with van der Waals surface area (Å²) in [6, 6.07) is 7.68. The van der Waals surface area contributed by atoms with Gasteiger partial charge in [-0.05, 0) is 30.5 Å². The summed E-state index contributed by atoms with van der Waals surface area (Å²) in [6.45, 7) is 1.33. The monoisotopic (exact) mass is 288 g/mol. The van der Waals surface area contributed by atoms with E-state index in [0.717, 1.165) is 24.0 Å². The number of methoxy groups -OCH3 is 1. The van der Waals surface area contributed by atoms with Gasteiger partial charge in [0.25, 0.3) is 10.1 Å². The lowest BCUT2D eigenvalue weighted by Gasteiger charge is -2.05. The highest BCUT2D eigenvalue weighted by molar-refractivity contribution is 7.85. The Morgan fingerprint density at radius 3 is 2.26 bits per heavy atom. The molecule has 0 atom stereocenters. The molecule has 108 valence electrons. The molecule has 0 aliphatic heterocycles. The van der Waals surface area contributed by atoms with E-state index in [2.05, 4.69) is 4.18 Å². The molecule has 0 bridgehead atoms. The molecule has 0 amide bonds. The topological polar surface area (TPSA) is 61.8 Å². The molecular formula is C13H20O5S. The fourth-order valence-corrected chi connectivity index (χ4v) is 1.85. The van der Waals surface area contributed by atoms with E-state index >= 15 is 0 Å². The van der Waals surface area contributed by atoms with E-state index in [4.69, 9.17) is 9.47 Å². The molecule has 0 saturated carbocycles. The lowest BCUT2D eigenvalue weighted by molar-refractivity contribution is 0.114. The number of hydrogen-bond donors (Lipinski definition) is 0. The van der Waals surface area contributed by atoms with Gasteiger partial charge < -0.3 is 9.47 Å². The maximum atomic E-state index is 10.7. The van der Waals surface area contributed by atoms with E-state index in [1.807, 2.05) is 24.3 Å². The van der Waals surface area contributed by atoms with E-state index in [-0.39, 0.29) is 6.61 Å². The fourth-order valence-electron chi connectivity index (χ4n) is 1.43. The van der Waals surface area contributed by atoms with Gasteiger partial charge in [0.2, 0.25) is 0 Å². The Hall–Kier alpha value is -1.11. The number of hydrogen-bond acceptors (Lipinski definition) is 5. The molecule has 19 heavy (non-hydrogen) atoms. The molecule has 0 aromatic heterocycles. The Kier molecular flexibility index (Phi) is 6.83. The molecule has 1 aromatic carbocycles. The summed E-state index contributed by atoms with van der Waals surface area (Å²) in [6.07, 6.45) is 2.48. The molecule has 0 radical (unpaired) electrons. The van der Waals surface area contributed by atoms with Crippen molar-refractivity contribution < 1.29 is 22.1 Å². The molecule has 0 N–H and O–H groups in total. The zero-order valence-electron chi connectivity index (χ0n) is 11.3. The van der Waals surface area contributed by atoms with Crippen LogP contribution in [-0.4, -0.2) is 35.0 Å². The average Bonchev–Trinajstić information content (AvgIpc) is 2.37. The highest BCUT2D eigenvalue weighted by atomic mass is 32.2. The Morgan fingerprint density at radius 2 is 1.68 bits per heavy atom. The summed E-state index contributed by atoms with van der Waals surface area (Å²) in [5.74, 6) is 0.821. The van der Waals surface area contributed by atoms with Crippen LogP contribution >= 0.6 is 0 Å². The summed E-state index contributed by atoms with van der Waals surface area (Å²) in [7, 11) is -1.69. The number of ether oxygens (including phenoxy) is 2. The van der Waals surface area contributed by atoms with Crippen LogP contribution in [0.4, 0.5) is 0 Å². The number of rotatable bonds is 9. The van der Waals surface area contributed by atoms with Gasteiger partial charge in [0.1, 0.15) is 5.75 Å². The predicted molar refractivity (Wildman–Crippen MR) is 72.7 cm³/mol. The first-order valence-electron chi connectivity index (χ1n) is 6.06. The van der Waals surface area contributed by atoms with Crippen LogP contribution in [0.3, 0.4) is 0 Å². The fraction of sp³-hybridized carbons (Fsp3) is 0.538. The van der Waals surface area contributed by atoms with Crippen LogP contribution in [0.25, 0.3) is 0 Å². The van der Waals surface area contributed by atoms with Crippen LogP contribution in [0.5, 0.6) is 5.75 Å². The van der Waals surface area contributed by atoms with Crippen molar-refractivity contribution in [2.24, 2.45) is 0 Å². The molecule has 5 nitrogen and oxygen atoms in total. The van der Waals surface area contributed by atoms with Crippen molar-refractivity contribution in [2.45, 2.75) is 19.4 Å². The maximum absolute atomic E-state index is 10.7.